The third-order valence-corrected chi connectivity index (χ3v) is 8.49. The van der Waals surface area contributed by atoms with Gasteiger partial charge in [0.15, 0.2) is 0 Å². The molecule has 5 aromatic rings. The number of benzene rings is 2. The van der Waals surface area contributed by atoms with Crippen LogP contribution in [-0.4, -0.2) is 40.5 Å². The smallest absolute Gasteiger partial charge is 0.149 e. The lowest BCUT2D eigenvalue weighted by atomic mass is 9.80. The Labute approximate surface area is 222 Å². The van der Waals surface area contributed by atoms with E-state index < -0.39 is 0 Å². The summed E-state index contributed by atoms with van der Waals surface area (Å²) in [7, 11) is 0. The van der Waals surface area contributed by atoms with Crippen LogP contribution >= 0.6 is 0 Å². The standard InChI is InChI=1S/C32H32FN5/c1-21-14-27-26(16-22(2)36-31(27)28(33)15-21)29-18-35-30-17-24(8-12-38(29)30)23-4-6-25(7-5-23)37-13-10-32(20-37)9-3-11-34-19-32/h4-8,12,14-18,34H,3,9-11,13,19-20H2,1-2H3. The molecule has 2 aliphatic heterocycles. The average Bonchev–Trinajstić information content (AvgIpc) is 3.53. The Morgan fingerprint density at radius 1 is 0.974 bits per heavy atom. The highest BCUT2D eigenvalue weighted by Gasteiger charge is 2.38. The number of rotatable bonds is 3. The minimum Gasteiger partial charge on any atom is -0.371 e. The van der Waals surface area contributed by atoms with Crippen LogP contribution in [0.1, 0.15) is 30.5 Å². The molecule has 0 aliphatic carbocycles. The molecule has 0 amide bonds. The van der Waals surface area contributed by atoms with Crippen molar-refractivity contribution in [1.82, 2.24) is 19.7 Å². The van der Waals surface area contributed by atoms with Gasteiger partial charge in [0.05, 0.1) is 11.9 Å². The molecule has 5 nitrogen and oxygen atoms in total. The maximum Gasteiger partial charge on any atom is 0.149 e. The Morgan fingerprint density at radius 2 is 1.84 bits per heavy atom. The summed E-state index contributed by atoms with van der Waals surface area (Å²) in [6, 6.07) is 18.8. The van der Waals surface area contributed by atoms with E-state index in [1.54, 1.807) is 6.07 Å². The Hall–Kier alpha value is -3.77. The van der Waals surface area contributed by atoms with Gasteiger partial charge in [-0.05, 0) is 98.8 Å². The van der Waals surface area contributed by atoms with Crippen molar-refractivity contribution in [3.05, 3.63) is 84.1 Å². The minimum absolute atomic E-state index is 0.288. The highest BCUT2D eigenvalue weighted by Crippen LogP contribution is 2.39. The lowest BCUT2D eigenvalue weighted by Gasteiger charge is -2.34. The number of piperidine rings is 1. The molecule has 6 heteroatoms. The third-order valence-electron chi connectivity index (χ3n) is 8.49. The van der Waals surface area contributed by atoms with Crippen molar-refractivity contribution in [3.8, 4) is 22.4 Å². The van der Waals surface area contributed by atoms with Crippen molar-refractivity contribution < 1.29 is 4.39 Å². The van der Waals surface area contributed by atoms with Crippen LogP contribution in [0.25, 0.3) is 38.9 Å². The Kier molecular flexibility index (Phi) is 5.48. The summed E-state index contributed by atoms with van der Waals surface area (Å²) in [6.45, 7) is 8.41. The molecular weight excluding hydrogens is 473 g/mol. The molecule has 5 heterocycles. The van der Waals surface area contributed by atoms with E-state index in [1.807, 2.05) is 32.2 Å². The molecule has 0 bridgehead atoms. The van der Waals surface area contributed by atoms with Crippen LogP contribution in [-0.2, 0) is 0 Å². The van der Waals surface area contributed by atoms with Crippen LogP contribution in [0.2, 0.25) is 0 Å². The number of imidazole rings is 1. The fraction of sp³-hybridized carbons (Fsp3) is 0.312. The normalized spacial score (nSPS) is 19.7. The molecule has 2 aliphatic rings. The number of anilines is 1. The molecular formula is C32H32FN5. The highest BCUT2D eigenvalue weighted by molar-refractivity contribution is 5.95. The zero-order valence-corrected chi connectivity index (χ0v) is 22.0. The van der Waals surface area contributed by atoms with E-state index in [2.05, 4.69) is 62.2 Å². The van der Waals surface area contributed by atoms with E-state index in [-0.39, 0.29) is 5.82 Å². The molecule has 2 fully saturated rings. The molecule has 0 saturated carbocycles. The predicted octanol–water partition coefficient (Wildman–Crippen LogP) is 6.55. The van der Waals surface area contributed by atoms with Crippen LogP contribution < -0.4 is 10.2 Å². The van der Waals surface area contributed by atoms with Gasteiger partial charge in [0, 0.05) is 53.6 Å². The number of fused-ring (bicyclic) bond motifs is 2. The molecule has 1 unspecified atom stereocenters. The molecule has 1 N–H and O–H groups in total. The van der Waals surface area contributed by atoms with Crippen molar-refractivity contribution in [1.29, 1.82) is 0 Å². The van der Waals surface area contributed by atoms with E-state index in [9.17, 15) is 4.39 Å². The van der Waals surface area contributed by atoms with Crippen LogP contribution in [0.15, 0.2) is 67.0 Å². The van der Waals surface area contributed by atoms with Gasteiger partial charge in [-0.25, -0.2) is 9.37 Å². The van der Waals surface area contributed by atoms with E-state index in [4.69, 9.17) is 4.98 Å². The van der Waals surface area contributed by atoms with Crippen molar-refractivity contribution in [2.75, 3.05) is 31.1 Å². The van der Waals surface area contributed by atoms with Crippen LogP contribution in [0.3, 0.4) is 0 Å². The zero-order chi connectivity index (χ0) is 25.9. The van der Waals surface area contributed by atoms with Crippen molar-refractivity contribution in [2.24, 2.45) is 5.41 Å². The summed E-state index contributed by atoms with van der Waals surface area (Å²) >= 11 is 0. The first-order valence-electron chi connectivity index (χ1n) is 13.6. The minimum atomic E-state index is -0.288. The molecule has 1 spiro atoms. The Morgan fingerprint density at radius 3 is 2.66 bits per heavy atom. The van der Waals surface area contributed by atoms with E-state index in [0.29, 0.717) is 10.9 Å². The molecule has 0 radical (unpaired) electrons. The van der Waals surface area contributed by atoms with E-state index in [0.717, 1.165) is 65.3 Å². The number of hydrogen-bond acceptors (Lipinski definition) is 4. The summed E-state index contributed by atoms with van der Waals surface area (Å²) in [6.07, 6.45) is 7.84. The van der Waals surface area contributed by atoms with Gasteiger partial charge in [-0.3, -0.25) is 9.38 Å². The monoisotopic (exact) mass is 505 g/mol. The first-order valence-corrected chi connectivity index (χ1v) is 13.6. The molecule has 3 aromatic heterocycles. The SMILES string of the molecule is Cc1cc(F)c2nc(C)cc(-c3cnc4cc(-c5ccc(N6CCC7(CCCNC7)C6)cc5)ccn34)c2c1. The summed E-state index contributed by atoms with van der Waals surface area (Å²) < 4.78 is 16.8. The Bertz CT molecular complexity index is 1660. The second kappa shape index (κ2) is 8.91. The number of halogens is 1. The second-order valence-electron chi connectivity index (χ2n) is 11.2. The zero-order valence-electron chi connectivity index (χ0n) is 22.0. The molecule has 38 heavy (non-hydrogen) atoms. The van der Waals surface area contributed by atoms with Gasteiger partial charge in [0.25, 0.3) is 0 Å². The van der Waals surface area contributed by atoms with Crippen molar-refractivity contribution in [3.63, 3.8) is 0 Å². The molecule has 192 valence electrons. The van der Waals surface area contributed by atoms with Gasteiger partial charge in [-0.2, -0.15) is 0 Å². The third kappa shape index (κ3) is 3.95. The van der Waals surface area contributed by atoms with Crippen LogP contribution in [0, 0.1) is 25.1 Å². The maximum absolute atomic E-state index is 14.7. The first kappa shape index (κ1) is 23.4. The summed E-state index contributed by atoms with van der Waals surface area (Å²) in [5, 5.41) is 4.42. The number of aromatic nitrogens is 3. The van der Waals surface area contributed by atoms with Gasteiger partial charge in [-0.15, -0.1) is 0 Å². The number of aryl methyl sites for hydroxylation is 2. The van der Waals surface area contributed by atoms with Crippen molar-refractivity contribution >= 4 is 22.2 Å². The second-order valence-corrected chi connectivity index (χ2v) is 11.2. The number of nitrogens with one attached hydrogen (secondary N) is 1. The topological polar surface area (TPSA) is 45.5 Å². The first-order chi connectivity index (χ1) is 18.5. The van der Waals surface area contributed by atoms with Gasteiger partial charge in [0.1, 0.15) is 17.0 Å². The quantitative estimate of drug-likeness (QED) is 0.302. The van der Waals surface area contributed by atoms with Crippen molar-refractivity contribution in [2.45, 2.75) is 33.1 Å². The highest BCUT2D eigenvalue weighted by atomic mass is 19.1. The number of pyridine rings is 2. The number of hydrogen-bond donors (Lipinski definition) is 1. The lowest BCUT2D eigenvalue weighted by Crippen LogP contribution is -2.41. The van der Waals surface area contributed by atoms with Gasteiger partial charge in [0.2, 0.25) is 0 Å². The molecule has 1 atom stereocenters. The van der Waals surface area contributed by atoms with Crippen LogP contribution in [0.5, 0.6) is 0 Å². The molecule has 7 rings (SSSR count). The summed E-state index contributed by atoms with van der Waals surface area (Å²) in [5.74, 6) is -0.288. The fourth-order valence-electron chi connectivity index (χ4n) is 6.52. The largest absolute Gasteiger partial charge is 0.371 e. The van der Waals surface area contributed by atoms with Gasteiger partial charge >= 0.3 is 0 Å². The van der Waals surface area contributed by atoms with Gasteiger partial charge in [-0.1, -0.05) is 12.1 Å². The summed E-state index contributed by atoms with van der Waals surface area (Å²) in [4.78, 5) is 11.7. The maximum atomic E-state index is 14.7. The number of nitrogens with zero attached hydrogens (tertiary/aromatic N) is 4. The van der Waals surface area contributed by atoms with E-state index >= 15 is 0 Å². The molecule has 2 saturated heterocycles. The van der Waals surface area contributed by atoms with E-state index in [1.165, 1.54) is 30.5 Å². The fourth-order valence-corrected chi connectivity index (χ4v) is 6.52. The summed E-state index contributed by atoms with van der Waals surface area (Å²) in [5.41, 5.74) is 8.87. The predicted molar refractivity (Wildman–Crippen MR) is 152 cm³/mol. The van der Waals surface area contributed by atoms with Crippen LogP contribution in [0.4, 0.5) is 10.1 Å². The Balaban J connectivity index is 1.19. The van der Waals surface area contributed by atoms with Gasteiger partial charge < -0.3 is 10.2 Å². The average molecular weight is 506 g/mol. The molecule has 2 aromatic carbocycles. The lowest BCUT2D eigenvalue weighted by molar-refractivity contribution is 0.239.